The summed E-state index contributed by atoms with van der Waals surface area (Å²) in [7, 11) is -4.78. The average molecular weight is 741 g/mol. The lowest BCUT2D eigenvalue weighted by molar-refractivity contribution is -0.161. The third kappa shape index (κ3) is 39.0. The van der Waals surface area contributed by atoms with E-state index >= 15 is 0 Å². The van der Waals surface area contributed by atoms with E-state index < -0.39 is 32.5 Å². The van der Waals surface area contributed by atoms with Gasteiger partial charge in [0.15, 0.2) is 11.9 Å². The van der Waals surface area contributed by atoms with Crippen LogP contribution in [0.3, 0.4) is 0 Å². The lowest BCUT2D eigenvalue weighted by atomic mass is 10.1. The fourth-order valence-corrected chi connectivity index (χ4v) is 5.89. The molecule has 0 aromatic heterocycles. The van der Waals surface area contributed by atoms with Crippen molar-refractivity contribution in [1.82, 2.24) is 0 Å². The first-order chi connectivity index (χ1) is 24.7. The fraction of sp³-hybridized carbons (Fsp3) is 0.780. The Bertz CT molecular complexity index is 986. The second-order valence-electron chi connectivity index (χ2n) is 13.6. The van der Waals surface area contributed by atoms with Crippen LogP contribution in [0.5, 0.6) is 0 Å². The van der Waals surface area contributed by atoms with Crippen LogP contribution >= 0.6 is 7.82 Å². The van der Waals surface area contributed by atoms with Gasteiger partial charge in [0.2, 0.25) is 0 Å². The summed E-state index contributed by atoms with van der Waals surface area (Å²) in [5, 5.41) is 0. The molecular weight excluding hydrogens is 667 g/mol. The van der Waals surface area contributed by atoms with Crippen molar-refractivity contribution in [2.75, 3.05) is 13.2 Å². The maximum Gasteiger partial charge on any atom is 0.469 e. The highest BCUT2D eigenvalue weighted by Crippen LogP contribution is 2.36. The molecule has 0 aliphatic rings. The van der Waals surface area contributed by atoms with Gasteiger partial charge in [0, 0.05) is 19.3 Å². The van der Waals surface area contributed by atoms with Crippen molar-refractivity contribution in [3.63, 3.8) is 0 Å². The van der Waals surface area contributed by atoms with Gasteiger partial charge in [0.25, 0.3) is 0 Å². The fourth-order valence-electron chi connectivity index (χ4n) is 5.52. The van der Waals surface area contributed by atoms with Gasteiger partial charge in [-0.2, -0.15) is 0 Å². The zero-order chi connectivity index (χ0) is 37.7. The van der Waals surface area contributed by atoms with Gasteiger partial charge in [-0.1, -0.05) is 141 Å². The Labute approximate surface area is 310 Å². The van der Waals surface area contributed by atoms with Crippen LogP contribution in [0.25, 0.3) is 0 Å². The average Bonchev–Trinajstić information content (AvgIpc) is 3.09. The van der Waals surface area contributed by atoms with E-state index in [2.05, 4.69) is 36.6 Å². The summed E-state index contributed by atoms with van der Waals surface area (Å²) in [6.45, 7) is 3.52. The third-order valence-electron chi connectivity index (χ3n) is 8.61. The molecule has 0 rings (SSSR count). The van der Waals surface area contributed by atoms with Crippen LogP contribution in [-0.4, -0.2) is 46.8 Å². The molecule has 0 heterocycles. The molecule has 0 spiro atoms. The highest BCUT2D eigenvalue weighted by atomic mass is 31.2. The predicted molar refractivity (Wildman–Crippen MR) is 207 cm³/mol. The van der Waals surface area contributed by atoms with Crippen molar-refractivity contribution in [2.24, 2.45) is 0 Å². The molecule has 51 heavy (non-hydrogen) atoms. The van der Waals surface area contributed by atoms with Gasteiger partial charge in [0.1, 0.15) is 6.61 Å². The molecule has 0 aliphatic carbocycles. The predicted octanol–water partition coefficient (Wildman–Crippen LogP) is 11.4. The first kappa shape index (κ1) is 48.9. The highest BCUT2D eigenvalue weighted by molar-refractivity contribution is 7.46. The molecule has 1 atom stereocenters. The second-order valence-corrected chi connectivity index (χ2v) is 14.9. The maximum atomic E-state index is 12.4. The van der Waals surface area contributed by atoms with E-state index in [1.807, 2.05) is 12.2 Å². The quantitative estimate of drug-likeness (QED) is 0.0159. The first-order valence-electron chi connectivity index (χ1n) is 20.2. The number of phosphoric ester groups is 1. The number of ether oxygens (including phenoxy) is 2. The molecular formula is C41H73O9P. The van der Waals surface area contributed by atoms with Gasteiger partial charge in [0.05, 0.1) is 6.61 Å². The molecule has 0 aromatic rings. The van der Waals surface area contributed by atoms with Crippen molar-refractivity contribution in [2.45, 2.75) is 193 Å². The minimum absolute atomic E-state index is 0.119. The Morgan fingerprint density at radius 3 is 1.57 bits per heavy atom. The monoisotopic (exact) mass is 740 g/mol. The lowest BCUT2D eigenvalue weighted by Gasteiger charge is -2.18. The summed E-state index contributed by atoms with van der Waals surface area (Å²) >= 11 is 0. The standard InChI is InChI=1S/C41H73O9P/c1-3-5-7-9-11-12-13-14-15-16-17-18-19-20-22-26-31-35-41(44)50-39(37-49-51(45,46)47)36-48-40(43)34-30-27-23-25-29-33-38(42)32-28-24-21-10-8-6-4-2/h14-15,21,24,28,32,39H,3-13,16-20,22-23,25-27,29-31,33-37H2,1-2H3,(H2,45,46,47)/b15-14-,24-21-,32-28+/t39-/m1/s1. The number of ketones is 1. The van der Waals surface area contributed by atoms with Crippen LogP contribution in [-0.2, 0) is 32.9 Å². The van der Waals surface area contributed by atoms with Crippen molar-refractivity contribution in [3.8, 4) is 0 Å². The smallest absolute Gasteiger partial charge is 0.462 e. The summed E-state index contributed by atoms with van der Waals surface area (Å²) in [4.78, 5) is 54.7. The van der Waals surface area contributed by atoms with Crippen molar-refractivity contribution in [3.05, 3.63) is 36.5 Å². The molecule has 0 fully saturated rings. The van der Waals surface area contributed by atoms with Gasteiger partial charge in [-0.25, -0.2) is 4.57 Å². The van der Waals surface area contributed by atoms with Gasteiger partial charge in [-0.3, -0.25) is 18.9 Å². The van der Waals surface area contributed by atoms with E-state index in [9.17, 15) is 18.9 Å². The minimum Gasteiger partial charge on any atom is -0.462 e. The number of allylic oxidation sites excluding steroid dienone is 6. The van der Waals surface area contributed by atoms with Crippen molar-refractivity contribution < 1.29 is 42.7 Å². The Hall–Kier alpha value is -2.06. The Kier molecular flexibility index (Phi) is 34.8. The molecule has 0 bridgehead atoms. The number of hydrogen-bond donors (Lipinski definition) is 2. The molecule has 9 nitrogen and oxygen atoms in total. The zero-order valence-corrected chi connectivity index (χ0v) is 33.1. The normalized spacial score (nSPS) is 12.7. The largest absolute Gasteiger partial charge is 0.469 e. The Balaban J connectivity index is 4.02. The van der Waals surface area contributed by atoms with Gasteiger partial charge < -0.3 is 19.3 Å². The summed E-state index contributed by atoms with van der Waals surface area (Å²) in [5.74, 6) is -0.862. The number of esters is 2. The SMILES string of the molecule is CCCCC/C=C\C=C\C(=O)CCCCCCCC(=O)OC[C@H](COP(=O)(O)O)OC(=O)CCCCCCCCC/C=C\CCCCCCCC. The number of hydrogen-bond acceptors (Lipinski definition) is 7. The summed E-state index contributed by atoms with van der Waals surface area (Å²) in [6, 6.07) is 0. The van der Waals surface area contributed by atoms with E-state index in [1.54, 1.807) is 6.08 Å². The molecule has 0 amide bonds. The van der Waals surface area contributed by atoms with Crippen molar-refractivity contribution in [1.29, 1.82) is 0 Å². The topological polar surface area (TPSA) is 136 Å². The second kappa shape index (κ2) is 36.3. The Morgan fingerprint density at radius 1 is 0.549 bits per heavy atom. The van der Waals surface area contributed by atoms with Crippen LogP contribution in [0.2, 0.25) is 0 Å². The molecule has 0 aromatic carbocycles. The van der Waals surface area contributed by atoms with E-state index in [4.69, 9.17) is 19.3 Å². The van der Waals surface area contributed by atoms with E-state index in [0.717, 1.165) is 57.8 Å². The van der Waals surface area contributed by atoms with Crippen molar-refractivity contribution >= 4 is 25.5 Å². The molecule has 2 N–H and O–H groups in total. The zero-order valence-electron chi connectivity index (χ0n) is 32.2. The summed E-state index contributed by atoms with van der Waals surface area (Å²) < 4.78 is 26.3. The minimum atomic E-state index is -4.78. The van der Waals surface area contributed by atoms with E-state index in [-0.39, 0.29) is 25.2 Å². The molecule has 0 radical (unpaired) electrons. The van der Waals surface area contributed by atoms with Crippen LogP contribution in [0, 0.1) is 0 Å². The maximum absolute atomic E-state index is 12.4. The molecule has 0 saturated heterocycles. The van der Waals surface area contributed by atoms with Crippen LogP contribution in [0.15, 0.2) is 36.5 Å². The van der Waals surface area contributed by atoms with Crippen LogP contribution in [0.4, 0.5) is 0 Å². The van der Waals surface area contributed by atoms with E-state index in [1.165, 1.54) is 83.5 Å². The van der Waals surface area contributed by atoms with Gasteiger partial charge in [-0.15, -0.1) is 0 Å². The lowest BCUT2D eigenvalue weighted by Crippen LogP contribution is -2.29. The number of unbranched alkanes of at least 4 members (excludes halogenated alkanes) is 20. The van der Waals surface area contributed by atoms with Crippen LogP contribution < -0.4 is 0 Å². The van der Waals surface area contributed by atoms with Crippen LogP contribution in [0.1, 0.15) is 187 Å². The highest BCUT2D eigenvalue weighted by Gasteiger charge is 2.22. The van der Waals surface area contributed by atoms with E-state index in [0.29, 0.717) is 19.3 Å². The molecule has 0 aliphatic heterocycles. The van der Waals surface area contributed by atoms with Gasteiger partial charge >= 0.3 is 19.8 Å². The summed E-state index contributed by atoms with van der Waals surface area (Å²) in [5.41, 5.74) is 0. The van der Waals surface area contributed by atoms with Gasteiger partial charge in [-0.05, 0) is 63.9 Å². The molecule has 0 unspecified atom stereocenters. The molecule has 296 valence electrons. The third-order valence-corrected chi connectivity index (χ3v) is 9.09. The Morgan fingerprint density at radius 2 is 1.00 bits per heavy atom. The first-order valence-corrected chi connectivity index (χ1v) is 21.8. The number of phosphoric acid groups is 1. The summed E-state index contributed by atoms with van der Waals surface area (Å²) in [6.07, 6.45) is 38.2. The number of rotatable bonds is 37. The number of carbonyl (C=O) groups is 3. The number of carbonyl (C=O) groups excluding carboxylic acids is 3. The molecule has 0 saturated carbocycles. The molecule has 10 heteroatoms.